The Morgan fingerprint density at radius 3 is 3.05 bits per heavy atom. The number of aryl methyl sites for hydroxylation is 1. The van der Waals surface area contributed by atoms with E-state index in [1.54, 1.807) is 11.3 Å². The first kappa shape index (κ1) is 12.3. The minimum atomic E-state index is 0.597. The van der Waals surface area contributed by atoms with Crippen molar-refractivity contribution in [1.82, 2.24) is 25.1 Å². The van der Waals surface area contributed by atoms with Crippen LogP contribution in [0.15, 0.2) is 16.6 Å². The Balaban J connectivity index is 1.84. The van der Waals surface area contributed by atoms with Crippen LogP contribution in [0.25, 0.3) is 10.2 Å². The molecule has 0 atom stereocenters. The zero-order valence-corrected chi connectivity index (χ0v) is 11.7. The minimum Gasteiger partial charge on any atom is -0.308 e. The van der Waals surface area contributed by atoms with Gasteiger partial charge in [0.05, 0.1) is 11.1 Å². The summed E-state index contributed by atoms with van der Waals surface area (Å²) in [6.45, 7) is 1.86. The molecule has 98 valence electrons. The summed E-state index contributed by atoms with van der Waals surface area (Å²) in [5, 5.41) is 10.5. The predicted molar refractivity (Wildman–Crippen MR) is 75.9 cm³/mol. The standard InChI is InChI=1S/C10H11N7S2/c1-5-12-10(17-16-5)19-4-7-13-8(15-11)6-2-3-18-9(6)14-7/h2-3H,4,11H2,1H3,(H,12,16,17)(H,13,14,15). The van der Waals surface area contributed by atoms with Gasteiger partial charge in [-0.25, -0.2) is 20.8 Å². The molecule has 9 heteroatoms. The Morgan fingerprint density at radius 1 is 1.42 bits per heavy atom. The predicted octanol–water partition coefficient (Wildman–Crippen LogP) is 1.70. The van der Waals surface area contributed by atoms with Crippen LogP contribution < -0.4 is 11.3 Å². The molecule has 0 aromatic carbocycles. The summed E-state index contributed by atoms with van der Waals surface area (Å²) < 4.78 is 0. The van der Waals surface area contributed by atoms with Crippen LogP contribution in [0.3, 0.4) is 0 Å². The minimum absolute atomic E-state index is 0.597. The highest BCUT2D eigenvalue weighted by atomic mass is 32.2. The lowest BCUT2D eigenvalue weighted by molar-refractivity contribution is 0.965. The second-order valence-electron chi connectivity index (χ2n) is 3.76. The molecule has 0 saturated carbocycles. The van der Waals surface area contributed by atoms with Crippen molar-refractivity contribution in [3.05, 3.63) is 23.1 Å². The molecule has 3 heterocycles. The second kappa shape index (κ2) is 5.11. The van der Waals surface area contributed by atoms with Crippen molar-refractivity contribution in [3.8, 4) is 0 Å². The first-order valence-corrected chi connectivity index (χ1v) is 7.35. The SMILES string of the molecule is Cc1nc(SCc2nc(NN)c3ccsc3n2)n[nH]1. The van der Waals surface area contributed by atoms with Crippen LogP contribution in [0.2, 0.25) is 0 Å². The largest absolute Gasteiger partial charge is 0.308 e. The third kappa shape index (κ3) is 2.53. The van der Waals surface area contributed by atoms with Crippen molar-refractivity contribution in [1.29, 1.82) is 0 Å². The van der Waals surface area contributed by atoms with E-state index >= 15 is 0 Å². The lowest BCUT2D eigenvalue weighted by Gasteiger charge is -2.03. The first-order chi connectivity index (χ1) is 9.26. The van der Waals surface area contributed by atoms with E-state index in [-0.39, 0.29) is 0 Å². The average Bonchev–Trinajstić information content (AvgIpc) is 3.03. The molecule has 3 aromatic rings. The molecule has 7 nitrogen and oxygen atoms in total. The molecule has 0 aliphatic heterocycles. The fourth-order valence-electron chi connectivity index (χ4n) is 1.59. The smallest absolute Gasteiger partial charge is 0.208 e. The summed E-state index contributed by atoms with van der Waals surface area (Å²) in [5.74, 6) is 8.22. The van der Waals surface area contributed by atoms with Gasteiger partial charge in [-0.15, -0.1) is 16.4 Å². The van der Waals surface area contributed by atoms with Crippen LogP contribution in [0.1, 0.15) is 11.6 Å². The molecule has 0 bridgehead atoms. The van der Waals surface area contributed by atoms with Gasteiger partial charge in [0.25, 0.3) is 0 Å². The number of nitrogens with zero attached hydrogens (tertiary/aromatic N) is 4. The monoisotopic (exact) mass is 293 g/mol. The summed E-state index contributed by atoms with van der Waals surface area (Å²) in [7, 11) is 0. The maximum Gasteiger partial charge on any atom is 0.208 e. The van der Waals surface area contributed by atoms with E-state index in [2.05, 4.69) is 30.6 Å². The summed E-state index contributed by atoms with van der Waals surface area (Å²) in [6.07, 6.45) is 0. The number of aromatic nitrogens is 5. The summed E-state index contributed by atoms with van der Waals surface area (Å²) >= 11 is 3.05. The van der Waals surface area contributed by atoms with Crippen LogP contribution in [-0.4, -0.2) is 25.1 Å². The molecular formula is C10H11N7S2. The zero-order chi connectivity index (χ0) is 13.2. The van der Waals surface area contributed by atoms with Gasteiger partial charge in [-0.05, 0) is 18.4 Å². The van der Waals surface area contributed by atoms with Crippen LogP contribution in [0, 0.1) is 6.92 Å². The van der Waals surface area contributed by atoms with Gasteiger partial charge in [0.1, 0.15) is 16.5 Å². The van der Waals surface area contributed by atoms with Crippen LogP contribution in [-0.2, 0) is 5.75 Å². The number of nitrogen functional groups attached to an aromatic ring is 1. The number of hydrazine groups is 1. The quantitative estimate of drug-likeness (QED) is 0.382. The van der Waals surface area contributed by atoms with Crippen LogP contribution >= 0.6 is 23.1 Å². The second-order valence-corrected chi connectivity index (χ2v) is 5.60. The lowest BCUT2D eigenvalue weighted by Crippen LogP contribution is -2.10. The molecule has 0 saturated heterocycles. The number of nitrogens with one attached hydrogen (secondary N) is 2. The van der Waals surface area contributed by atoms with E-state index in [1.807, 2.05) is 18.4 Å². The highest BCUT2D eigenvalue weighted by Gasteiger charge is 2.09. The van der Waals surface area contributed by atoms with Gasteiger partial charge >= 0.3 is 0 Å². The number of hydrogen-bond donors (Lipinski definition) is 3. The van der Waals surface area contributed by atoms with Gasteiger partial charge in [-0.3, -0.25) is 5.10 Å². The van der Waals surface area contributed by atoms with Crippen molar-refractivity contribution in [2.45, 2.75) is 17.8 Å². The number of H-pyrrole nitrogens is 1. The molecule has 0 spiro atoms. The lowest BCUT2D eigenvalue weighted by atomic mass is 10.4. The zero-order valence-electron chi connectivity index (χ0n) is 10.0. The fraction of sp³-hybridized carbons (Fsp3) is 0.200. The van der Waals surface area contributed by atoms with Gasteiger partial charge in [-0.1, -0.05) is 11.8 Å². The molecule has 0 aliphatic rings. The van der Waals surface area contributed by atoms with Crippen molar-refractivity contribution >= 4 is 39.1 Å². The molecule has 0 radical (unpaired) electrons. The van der Waals surface area contributed by atoms with E-state index in [0.717, 1.165) is 16.0 Å². The molecular weight excluding hydrogens is 282 g/mol. The van der Waals surface area contributed by atoms with E-state index in [0.29, 0.717) is 22.6 Å². The number of thiophene rings is 1. The van der Waals surface area contributed by atoms with Crippen molar-refractivity contribution in [3.63, 3.8) is 0 Å². The molecule has 4 N–H and O–H groups in total. The van der Waals surface area contributed by atoms with Gasteiger partial charge in [0.2, 0.25) is 5.16 Å². The third-order valence-corrected chi connectivity index (χ3v) is 4.07. The Morgan fingerprint density at radius 2 is 2.32 bits per heavy atom. The number of nitrogens with two attached hydrogens (primary N) is 1. The highest BCUT2D eigenvalue weighted by Crippen LogP contribution is 2.26. The number of anilines is 1. The topological polar surface area (TPSA) is 105 Å². The Labute approximate surface area is 117 Å². The molecule has 0 amide bonds. The molecule has 19 heavy (non-hydrogen) atoms. The average molecular weight is 293 g/mol. The van der Waals surface area contributed by atoms with Gasteiger partial charge in [0, 0.05) is 0 Å². The number of rotatable bonds is 4. The van der Waals surface area contributed by atoms with Crippen LogP contribution in [0.4, 0.5) is 5.82 Å². The van der Waals surface area contributed by atoms with Crippen molar-refractivity contribution < 1.29 is 0 Å². The molecule has 3 aromatic heterocycles. The first-order valence-electron chi connectivity index (χ1n) is 5.49. The Hall–Kier alpha value is -1.71. The molecule has 0 fully saturated rings. The van der Waals surface area contributed by atoms with E-state index in [1.165, 1.54) is 11.8 Å². The maximum atomic E-state index is 5.48. The highest BCUT2D eigenvalue weighted by molar-refractivity contribution is 7.98. The van der Waals surface area contributed by atoms with Crippen molar-refractivity contribution in [2.24, 2.45) is 5.84 Å². The van der Waals surface area contributed by atoms with Gasteiger partial charge in [-0.2, -0.15) is 0 Å². The maximum absolute atomic E-state index is 5.48. The Bertz CT molecular complexity index is 705. The summed E-state index contributed by atoms with van der Waals surface area (Å²) in [5.41, 5.74) is 2.61. The molecule has 0 unspecified atom stereocenters. The third-order valence-electron chi connectivity index (χ3n) is 2.42. The normalized spacial score (nSPS) is 11.1. The van der Waals surface area contributed by atoms with Crippen molar-refractivity contribution in [2.75, 3.05) is 5.43 Å². The number of hydrogen-bond acceptors (Lipinski definition) is 8. The summed E-state index contributed by atoms with van der Waals surface area (Å²) in [6, 6.07) is 1.95. The number of thioether (sulfide) groups is 1. The van der Waals surface area contributed by atoms with Gasteiger partial charge in [0.15, 0.2) is 5.82 Å². The van der Waals surface area contributed by atoms with Crippen LogP contribution in [0.5, 0.6) is 0 Å². The Kier molecular flexibility index (Phi) is 3.32. The fourth-order valence-corrected chi connectivity index (χ4v) is 3.07. The summed E-state index contributed by atoms with van der Waals surface area (Å²) in [4.78, 5) is 14.0. The molecule has 3 rings (SSSR count). The number of fused-ring (bicyclic) bond motifs is 1. The molecule has 0 aliphatic carbocycles. The number of aromatic amines is 1. The van der Waals surface area contributed by atoms with Gasteiger partial charge < -0.3 is 5.43 Å². The van der Waals surface area contributed by atoms with E-state index in [9.17, 15) is 0 Å². The van der Waals surface area contributed by atoms with E-state index < -0.39 is 0 Å². The van der Waals surface area contributed by atoms with E-state index in [4.69, 9.17) is 5.84 Å².